The Balaban J connectivity index is 2.11. The molecule has 18 heavy (non-hydrogen) atoms. The van der Waals surface area contributed by atoms with E-state index >= 15 is 0 Å². The summed E-state index contributed by atoms with van der Waals surface area (Å²) < 4.78 is 0. The molecule has 1 heterocycles. The number of rotatable bonds is 2. The molecule has 3 N–H and O–H groups in total. The summed E-state index contributed by atoms with van der Waals surface area (Å²) in [6, 6.07) is 0.0387. The van der Waals surface area contributed by atoms with Crippen LogP contribution in [0.3, 0.4) is 0 Å². The van der Waals surface area contributed by atoms with Crippen molar-refractivity contribution in [3.8, 4) is 0 Å². The van der Waals surface area contributed by atoms with Crippen molar-refractivity contribution in [3.05, 3.63) is 47.4 Å². The molecule has 2 rings (SSSR count). The van der Waals surface area contributed by atoms with Gasteiger partial charge in [0.2, 0.25) is 0 Å². The molecule has 1 aliphatic heterocycles. The third-order valence-corrected chi connectivity index (χ3v) is 3.21. The molecule has 0 aromatic heterocycles. The first kappa shape index (κ1) is 12.5. The van der Waals surface area contributed by atoms with Gasteiger partial charge in [0.05, 0.1) is 12.0 Å². The number of aliphatic carboxylic acids is 1. The number of carboxylic acids is 1. The minimum Gasteiger partial charge on any atom is -0.508 e. The van der Waals surface area contributed by atoms with Gasteiger partial charge in [-0.3, -0.25) is 4.79 Å². The molecular formula is C14H17NO3. The van der Waals surface area contributed by atoms with E-state index in [1.807, 2.05) is 25.3 Å². The van der Waals surface area contributed by atoms with Crippen molar-refractivity contribution in [3.63, 3.8) is 0 Å². The lowest BCUT2D eigenvalue weighted by Crippen LogP contribution is -2.27. The highest BCUT2D eigenvalue weighted by atomic mass is 16.4. The van der Waals surface area contributed by atoms with Crippen LogP contribution in [-0.4, -0.2) is 22.2 Å². The maximum atomic E-state index is 11.0. The summed E-state index contributed by atoms with van der Waals surface area (Å²) in [4.78, 5) is 11.0. The smallest absolute Gasteiger partial charge is 0.310 e. The topological polar surface area (TPSA) is 69.6 Å². The van der Waals surface area contributed by atoms with Crippen LogP contribution in [0.15, 0.2) is 47.4 Å². The number of hydrogen-bond donors (Lipinski definition) is 3. The second-order valence-corrected chi connectivity index (χ2v) is 4.69. The van der Waals surface area contributed by atoms with Gasteiger partial charge in [-0.15, -0.1) is 0 Å². The standard InChI is InChI=1S/C14H17NO3/c1-9-2-5-13(15-8-9)10-3-4-11(14(17)18)7-12(16)6-10/h2,5-8,11,13,15-16H,3-4H2,1H3,(H,17,18). The first-order valence-corrected chi connectivity index (χ1v) is 6.01. The third-order valence-electron chi connectivity index (χ3n) is 3.21. The quantitative estimate of drug-likeness (QED) is 0.700. The summed E-state index contributed by atoms with van der Waals surface area (Å²) in [5.74, 6) is -1.46. The number of carboxylic acid groups (broad SMARTS) is 1. The van der Waals surface area contributed by atoms with E-state index in [1.54, 1.807) is 6.08 Å². The lowest BCUT2D eigenvalue weighted by atomic mass is 9.96. The summed E-state index contributed by atoms with van der Waals surface area (Å²) in [6.45, 7) is 2.00. The van der Waals surface area contributed by atoms with Crippen LogP contribution in [0.25, 0.3) is 0 Å². The van der Waals surface area contributed by atoms with E-state index in [-0.39, 0.29) is 11.8 Å². The second kappa shape index (κ2) is 5.12. The van der Waals surface area contributed by atoms with Gasteiger partial charge >= 0.3 is 5.97 Å². The van der Waals surface area contributed by atoms with Crippen LogP contribution in [0, 0.1) is 5.92 Å². The van der Waals surface area contributed by atoms with Gasteiger partial charge in [0, 0.05) is 6.20 Å². The van der Waals surface area contributed by atoms with Crippen LogP contribution in [0.2, 0.25) is 0 Å². The molecule has 0 saturated carbocycles. The van der Waals surface area contributed by atoms with Crippen molar-refractivity contribution in [2.24, 2.45) is 5.92 Å². The highest BCUT2D eigenvalue weighted by Gasteiger charge is 2.22. The molecule has 0 aromatic carbocycles. The Morgan fingerprint density at radius 2 is 2.28 bits per heavy atom. The Hall–Kier alpha value is -1.97. The maximum Gasteiger partial charge on any atom is 0.310 e. The number of carbonyl (C=O) groups is 1. The monoisotopic (exact) mass is 247 g/mol. The SMILES string of the molecule is CC1=CNC(C2=CC(O)=CC(C(=O)O)CC2)C=C1. The Bertz CT molecular complexity index is 471. The highest BCUT2D eigenvalue weighted by Crippen LogP contribution is 2.24. The largest absolute Gasteiger partial charge is 0.508 e. The molecule has 0 fully saturated rings. The molecule has 0 radical (unpaired) electrons. The lowest BCUT2D eigenvalue weighted by molar-refractivity contribution is -0.140. The van der Waals surface area contributed by atoms with Crippen LogP contribution >= 0.6 is 0 Å². The van der Waals surface area contributed by atoms with E-state index in [9.17, 15) is 9.90 Å². The zero-order chi connectivity index (χ0) is 13.1. The van der Waals surface area contributed by atoms with Gasteiger partial charge in [0.25, 0.3) is 0 Å². The predicted octanol–water partition coefficient (Wildman–Crippen LogP) is 2.28. The molecule has 2 unspecified atom stereocenters. The molecule has 2 atom stereocenters. The number of allylic oxidation sites excluding steroid dienone is 3. The molecule has 96 valence electrons. The predicted molar refractivity (Wildman–Crippen MR) is 69.0 cm³/mol. The first-order valence-electron chi connectivity index (χ1n) is 6.01. The van der Waals surface area contributed by atoms with Gasteiger partial charge in [0.1, 0.15) is 5.76 Å². The van der Waals surface area contributed by atoms with Crippen molar-refractivity contribution >= 4 is 5.97 Å². The summed E-state index contributed by atoms with van der Waals surface area (Å²) in [7, 11) is 0. The fourth-order valence-electron chi connectivity index (χ4n) is 2.17. The van der Waals surface area contributed by atoms with E-state index in [2.05, 4.69) is 5.32 Å². The molecule has 0 amide bonds. The Kier molecular flexibility index (Phi) is 3.55. The molecule has 4 heteroatoms. The number of nitrogens with one attached hydrogen (secondary N) is 1. The molecule has 0 aromatic rings. The summed E-state index contributed by atoms with van der Waals surface area (Å²) in [5.41, 5.74) is 2.15. The Morgan fingerprint density at radius 3 is 2.89 bits per heavy atom. The molecule has 2 aliphatic rings. The van der Waals surface area contributed by atoms with Gasteiger partial charge in [-0.2, -0.15) is 0 Å². The van der Waals surface area contributed by atoms with Crippen LogP contribution in [0.1, 0.15) is 19.8 Å². The van der Waals surface area contributed by atoms with Crippen LogP contribution in [0.5, 0.6) is 0 Å². The van der Waals surface area contributed by atoms with Crippen molar-refractivity contribution in [1.82, 2.24) is 5.32 Å². The van der Waals surface area contributed by atoms with Gasteiger partial charge in [0.15, 0.2) is 0 Å². The first-order chi connectivity index (χ1) is 8.56. The average molecular weight is 247 g/mol. The van der Waals surface area contributed by atoms with Crippen LogP contribution in [-0.2, 0) is 4.79 Å². The number of hydrogen-bond acceptors (Lipinski definition) is 3. The normalized spacial score (nSPS) is 27.5. The van der Waals surface area contributed by atoms with Gasteiger partial charge < -0.3 is 15.5 Å². The Labute approximate surface area is 106 Å². The summed E-state index contributed by atoms with van der Waals surface area (Å²) >= 11 is 0. The summed E-state index contributed by atoms with van der Waals surface area (Å²) in [6.07, 6.45) is 10.2. The molecule has 0 saturated heterocycles. The van der Waals surface area contributed by atoms with Crippen molar-refractivity contribution in [2.45, 2.75) is 25.8 Å². The number of dihydropyridines is 1. The van der Waals surface area contributed by atoms with Gasteiger partial charge in [-0.05, 0) is 43.1 Å². The summed E-state index contributed by atoms with van der Waals surface area (Å²) in [5, 5.41) is 21.9. The fourth-order valence-corrected chi connectivity index (χ4v) is 2.17. The van der Waals surface area contributed by atoms with Gasteiger partial charge in [-0.25, -0.2) is 0 Å². The van der Waals surface area contributed by atoms with E-state index in [0.29, 0.717) is 12.8 Å². The third kappa shape index (κ3) is 2.83. The zero-order valence-corrected chi connectivity index (χ0v) is 10.3. The maximum absolute atomic E-state index is 11.0. The molecule has 1 aliphatic carbocycles. The van der Waals surface area contributed by atoms with E-state index in [1.165, 1.54) is 6.08 Å². The lowest BCUT2D eigenvalue weighted by Gasteiger charge is -2.20. The Morgan fingerprint density at radius 1 is 1.50 bits per heavy atom. The fraction of sp³-hybridized carbons (Fsp3) is 0.357. The number of aliphatic hydroxyl groups is 1. The minimum absolute atomic E-state index is 0.0383. The zero-order valence-electron chi connectivity index (χ0n) is 10.3. The minimum atomic E-state index is -0.890. The molecule has 0 bridgehead atoms. The van der Waals surface area contributed by atoms with E-state index < -0.39 is 11.9 Å². The van der Waals surface area contributed by atoms with E-state index in [0.717, 1.165) is 11.1 Å². The number of aliphatic hydroxyl groups excluding tert-OH is 1. The molecule has 4 nitrogen and oxygen atoms in total. The highest BCUT2D eigenvalue weighted by molar-refractivity contribution is 5.72. The van der Waals surface area contributed by atoms with Crippen molar-refractivity contribution in [2.75, 3.05) is 0 Å². The van der Waals surface area contributed by atoms with Crippen molar-refractivity contribution in [1.29, 1.82) is 0 Å². The van der Waals surface area contributed by atoms with Gasteiger partial charge in [-0.1, -0.05) is 12.2 Å². The second-order valence-electron chi connectivity index (χ2n) is 4.69. The molecule has 0 spiro atoms. The molecular weight excluding hydrogens is 230 g/mol. The van der Waals surface area contributed by atoms with Crippen LogP contribution < -0.4 is 5.32 Å². The van der Waals surface area contributed by atoms with Crippen molar-refractivity contribution < 1.29 is 15.0 Å². The average Bonchev–Trinajstić information content (AvgIpc) is 2.52. The van der Waals surface area contributed by atoms with Crippen LogP contribution in [0.4, 0.5) is 0 Å². The van der Waals surface area contributed by atoms with E-state index in [4.69, 9.17) is 5.11 Å².